The van der Waals surface area contributed by atoms with Crippen LogP contribution in [0.1, 0.15) is 88.3 Å². The van der Waals surface area contributed by atoms with Gasteiger partial charge in [0.15, 0.2) is 0 Å². The Kier molecular flexibility index (Phi) is 7.51. The normalized spacial score (nSPS) is 29.7. The average molecular weight is 614 g/mol. The second-order valence-electron chi connectivity index (χ2n) is 13.8. The zero-order valence-electron chi connectivity index (χ0n) is 25.1. The number of hydrogen-bond acceptors (Lipinski definition) is 5. The molecule has 1 spiro atoms. The van der Waals surface area contributed by atoms with Crippen LogP contribution in [0.4, 0.5) is 13.2 Å². The van der Waals surface area contributed by atoms with Crippen molar-refractivity contribution in [3.63, 3.8) is 0 Å². The molecule has 2 aromatic heterocycles. The predicted octanol–water partition coefficient (Wildman–Crippen LogP) is 6.84. The smallest absolute Gasteiger partial charge is 0.299 e. The van der Waals surface area contributed by atoms with Crippen LogP contribution in [0.25, 0.3) is 11.2 Å². The Hall–Kier alpha value is -2.27. The molecule has 43 heavy (non-hydrogen) atoms. The van der Waals surface area contributed by atoms with Crippen molar-refractivity contribution >= 4 is 17.3 Å². The van der Waals surface area contributed by atoms with Gasteiger partial charge in [0.25, 0.3) is 0 Å². The van der Waals surface area contributed by atoms with E-state index in [0.29, 0.717) is 29.6 Å². The number of hydrogen-bond donors (Lipinski definition) is 2. The molecular formula is C33H42F3N5OS. The van der Waals surface area contributed by atoms with E-state index in [-0.39, 0.29) is 21.2 Å². The van der Waals surface area contributed by atoms with Crippen molar-refractivity contribution in [1.82, 2.24) is 24.7 Å². The summed E-state index contributed by atoms with van der Waals surface area (Å²) in [7, 11) is 0. The maximum atomic E-state index is 14.4. The Bertz CT molecular complexity index is 1550. The van der Waals surface area contributed by atoms with Crippen LogP contribution in [0, 0.1) is 11.8 Å². The number of alkyl halides is 3. The molecule has 2 saturated carbocycles. The first kappa shape index (κ1) is 29.4. The minimum atomic E-state index is -4.57. The third-order valence-corrected chi connectivity index (χ3v) is 12.1. The van der Waals surface area contributed by atoms with Crippen LogP contribution >= 0.6 is 11.8 Å². The first-order valence-electron chi connectivity index (χ1n) is 15.9. The number of thioether (sulfide) groups is 1. The van der Waals surface area contributed by atoms with Crippen molar-refractivity contribution in [2.45, 2.75) is 100 Å². The molecule has 2 atom stereocenters. The van der Waals surface area contributed by atoms with Gasteiger partial charge in [0.05, 0.1) is 27.0 Å². The van der Waals surface area contributed by atoms with Gasteiger partial charge in [0.2, 0.25) is 0 Å². The van der Waals surface area contributed by atoms with Crippen molar-refractivity contribution < 1.29 is 13.2 Å². The number of nitrogens with one attached hydrogen (secondary N) is 2. The number of halogens is 3. The summed E-state index contributed by atoms with van der Waals surface area (Å²) >= 11 is 2.02. The summed E-state index contributed by atoms with van der Waals surface area (Å²) in [6, 6.07) is 9.17. The number of piperidine rings is 1. The van der Waals surface area contributed by atoms with Crippen LogP contribution < -0.4 is 16.5 Å². The Morgan fingerprint density at radius 1 is 1.02 bits per heavy atom. The fraction of sp³-hybridized carbons (Fsp3) is 0.606. The van der Waals surface area contributed by atoms with E-state index in [1.54, 1.807) is 6.20 Å². The van der Waals surface area contributed by atoms with Crippen LogP contribution in [-0.2, 0) is 18.1 Å². The molecule has 1 unspecified atom stereocenters. The molecule has 2 aliphatic carbocycles. The number of rotatable bonds is 5. The molecule has 2 saturated heterocycles. The molecular weight excluding hydrogens is 571 g/mol. The van der Waals surface area contributed by atoms with Crippen LogP contribution in [0.2, 0.25) is 0 Å². The number of aromatic nitrogens is 2. The van der Waals surface area contributed by atoms with Crippen molar-refractivity contribution in [2.24, 2.45) is 11.8 Å². The zero-order chi connectivity index (χ0) is 30.0. The van der Waals surface area contributed by atoms with E-state index >= 15 is 0 Å². The van der Waals surface area contributed by atoms with Crippen molar-refractivity contribution in [2.75, 3.05) is 13.1 Å². The molecule has 1 aromatic carbocycles. The Labute approximate surface area is 255 Å². The Morgan fingerprint density at radius 3 is 2.53 bits per heavy atom. The van der Waals surface area contributed by atoms with Crippen LogP contribution in [0.5, 0.6) is 0 Å². The van der Waals surface area contributed by atoms with Gasteiger partial charge in [-0.15, -0.1) is 11.8 Å². The van der Waals surface area contributed by atoms with Gasteiger partial charge in [-0.2, -0.15) is 13.2 Å². The highest BCUT2D eigenvalue weighted by molar-refractivity contribution is 8.01. The molecule has 4 heterocycles. The fourth-order valence-electron chi connectivity index (χ4n) is 8.28. The molecule has 3 aromatic rings. The van der Waals surface area contributed by atoms with E-state index in [1.165, 1.54) is 40.5 Å². The number of fused-ring (bicyclic) bond motifs is 1. The van der Waals surface area contributed by atoms with Gasteiger partial charge in [-0.3, -0.25) is 13.9 Å². The third-order valence-electron chi connectivity index (χ3n) is 10.3. The standard InChI is InChI=1S/C33H42F3N5OS/c1-22-8-7-13-39(18-22)19-24-14-27(33(34,35)36)28-21-40(30(42)41(28)20-24)26-10-6-9-25(15-26)31(16-23(2)17-31)29-37-38-32(43-29)11-4-3-5-12-32/h6,9-10,14-15,20-23,29,37-38H,3-5,7-8,11-13,16-19H2,1-2H3/t22-,23?,29?,31?/m0/s1. The number of likely N-dealkylation sites (tertiary alicyclic amines) is 1. The highest BCUT2D eigenvalue weighted by atomic mass is 32.2. The van der Waals surface area contributed by atoms with Gasteiger partial charge in [-0.25, -0.2) is 15.6 Å². The van der Waals surface area contributed by atoms with Crippen molar-refractivity contribution in [3.05, 3.63) is 69.9 Å². The summed E-state index contributed by atoms with van der Waals surface area (Å²) in [5.74, 6) is 1.10. The van der Waals surface area contributed by atoms with Gasteiger partial charge in [0.1, 0.15) is 0 Å². The van der Waals surface area contributed by atoms with E-state index in [1.807, 2.05) is 30.0 Å². The lowest BCUT2D eigenvalue weighted by Crippen LogP contribution is -2.54. The second kappa shape index (κ2) is 11.0. The monoisotopic (exact) mass is 613 g/mol. The highest BCUT2D eigenvalue weighted by Gasteiger charge is 2.55. The summed E-state index contributed by atoms with van der Waals surface area (Å²) in [5.41, 5.74) is 8.11. The van der Waals surface area contributed by atoms with Crippen LogP contribution in [-0.4, -0.2) is 37.2 Å². The maximum Gasteiger partial charge on any atom is 0.418 e. The largest absolute Gasteiger partial charge is 0.418 e. The van der Waals surface area contributed by atoms with E-state index in [9.17, 15) is 18.0 Å². The van der Waals surface area contributed by atoms with E-state index in [4.69, 9.17) is 0 Å². The summed E-state index contributed by atoms with van der Waals surface area (Å²) in [4.78, 5) is 16.0. The van der Waals surface area contributed by atoms with Gasteiger partial charge >= 0.3 is 11.9 Å². The number of imidazole rings is 1. The zero-order valence-corrected chi connectivity index (χ0v) is 25.9. The second-order valence-corrected chi connectivity index (χ2v) is 15.3. The molecule has 6 nitrogen and oxygen atoms in total. The predicted molar refractivity (Wildman–Crippen MR) is 165 cm³/mol. The first-order valence-corrected chi connectivity index (χ1v) is 16.8. The van der Waals surface area contributed by atoms with Gasteiger partial charge in [0, 0.05) is 30.9 Å². The summed E-state index contributed by atoms with van der Waals surface area (Å²) < 4.78 is 45.7. The topological polar surface area (TPSA) is 53.7 Å². The van der Waals surface area contributed by atoms with Gasteiger partial charge < -0.3 is 0 Å². The first-order chi connectivity index (χ1) is 20.6. The fourth-order valence-corrected chi connectivity index (χ4v) is 10.0. The number of hydrazine groups is 1. The lowest BCUT2D eigenvalue weighted by Gasteiger charge is -2.50. The molecule has 0 radical (unpaired) electrons. The number of nitrogens with zero attached hydrogens (tertiary/aromatic N) is 3. The Balaban J connectivity index is 1.25. The van der Waals surface area contributed by atoms with Crippen LogP contribution in [0.15, 0.2) is 47.5 Å². The number of benzene rings is 1. The van der Waals surface area contributed by atoms with Crippen molar-refractivity contribution in [1.29, 1.82) is 0 Å². The molecule has 10 heteroatoms. The van der Waals surface area contributed by atoms with E-state index in [2.05, 4.69) is 35.7 Å². The third kappa shape index (κ3) is 5.36. The highest BCUT2D eigenvalue weighted by Crippen LogP contribution is 2.57. The molecule has 232 valence electrons. The minimum Gasteiger partial charge on any atom is -0.299 e. The number of pyridine rings is 1. The molecule has 2 aliphatic heterocycles. The van der Waals surface area contributed by atoms with E-state index < -0.39 is 17.4 Å². The molecule has 0 bridgehead atoms. The molecule has 4 fully saturated rings. The lowest BCUT2D eigenvalue weighted by molar-refractivity contribution is -0.136. The quantitative estimate of drug-likeness (QED) is 0.330. The van der Waals surface area contributed by atoms with Crippen molar-refractivity contribution in [3.8, 4) is 5.69 Å². The van der Waals surface area contributed by atoms with E-state index in [0.717, 1.165) is 57.2 Å². The van der Waals surface area contributed by atoms with Crippen LogP contribution in [0.3, 0.4) is 0 Å². The Morgan fingerprint density at radius 2 is 1.81 bits per heavy atom. The summed E-state index contributed by atoms with van der Waals surface area (Å²) in [6.07, 6.45) is 8.69. The molecule has 0 amide bonds. The molecule has 7 rings (SSSR count). The maximum absolute atomic E-state index is 14.4. The minimum absolute atomic E-state index is 0.0707. The lowest BCUT2D eigenvalue weighted by atomic mass is 9.59. The summed E-state index contributed by atoms with van der Waals surface area (Å²) in [6.45, 7) is 6.57. The SMILES string of the molecule is CC1CC(c2cccc(-n3cc4c(C(F)(F)F)cc(CN5CCC[C@H](C)C5)cn4c3=O)c2)(C2NNC3(CCCCC3)S2)C1. The molecule has 2 N–H and O–H groups in total. The molecule has 4 aliphatic rings. The average Bonchev–Trinajstić information content (AvgIpc) is 3.52. The summed E-state index contributed by atoms with van der Waals surface area (Å²) in [5, 5.41) is 0.193. The van der Waals surface area contributed by atoms with Gasteiger partial charge in [-0.1, -0.05) is 45.2 Å². The van der Waals surface area contributed by atoms with Gasteiger partial charge in [-0.05, 0) is 86.2 Å².